The molecule has 1 aliphatic carbocycles. The molecule has 1 aromatic rings. The molecule has 1 heterocycles. The van der Waals surface area contributed by atoms with Gasteiger partial charge in [-0.1, -0.05) is 6.92 Å². The SMILES string of the molecule is CC1CCC(N(C)c2cncc(CNC(C)(C)C)n2)CC1. The number of hydrogen-bond acceptors (Lipinski definition) is 4. The topological polar surface area (TPSA) is 41.1 Å². The van der Waals surface area contributed by atoms with Gasteiger partial charge in [0.2, 0.25) is 0 Å². The van der Waals surface area contributed by atoms with Crippen LogP contribution in [0.3, 0.4) is 0 Å². The van der Waals surface area contributed by atoms with Crippen molar-refractivity contribution in [2.75, 3.05) is 11.9 Å². The zero-order valence-corrected chi connectivity index (χ0v) is 14.2. The van der Waals surface area contributed by atoms with E-state index < -0.39 is 0 Å². The molecule has 0 spiro atoms. The molecule has 1 saturated carbocycles. The van der Waals surface area contributed by atoms with E-state index in [0.29, 0.717) is 6.04 Å². The van der Waals surface area contributed by atoms with Crippen LogP contribution in [-0.2, 0) is 6.54 Å². The molecule has 118 valence electrons. The molecule has 0 bridgehead atoms. The van der Waals surface area contributed by atoms with Crippen molar-refractivity contribution in [1.82, 2.24) is 15.3 Å². The number of hydrogen-bond donors (Lipinski definition) is 1. The molecular formula is C17H30N4. The Morgan fingerprint density at radius 1 is 1.19 bits per heavy atom. The molecule has 0 saturated heterocycles. The number of anilines is 1. The Kier molecular flexibility index (Phi) is 5.20. The quantitative estimate of drug-likeness (QED) is 0.923. The average Bonchev–Trinajstić information content (AvgIpc) is 2.45. The van der Waals surface area contributed by atoms with Crippen molar-refractivity contribution in [3.8, 4) is 0 Å². The molecule has 4 heteroatoms. The number of rotatable bonds is 4. The molecular weight excluding hydrogens is 260 g/mol. The van der Waals surface area contributed by atoms with Crippen LogP contribution in [0.15, 0.2) is 12.4 Å². The van der Waals surface area contributed by atoms with E-state index in [2.05, 4.69) is 49.9 Å². The summed E-state index contributed by atoms with van der Waals surface area (Å²) in [6, 6.07) is 0.612. The average molecular weight is 290 g/mol. The van der Waals surface area contributed by atoms with Crippen LogP contribution in [0.25, 0.3) is 0 Å². The third-order valence-corrected chi connectivity index (χ3v) is 4.37. The maximum atomic E-state index is 4.77. The molecule has 0 radical (unpaired) electrons. The lowest BCUT2D eigenvalue weighted by Crippen LogP contribution is -2.37. The first-order valence-corrected chi connectivity index (χ1v) is 8.14. The maximum absolute atomic E-state index is 4.77. The van der Waals surface area contributed by atoms with Crippen molar-refractivity contribution in [2.24, 2.45) is 5.92 Å². The van der Waals surface area contributed by atoms with E-state index in [0.717, 1.165) is 24.0 Å². The Labute approximate surface area is 129 Å². The minimum absolute atomic E-state index is 0.100. The zero-order valence-electron chi connectivity index (χ0n) is 14.2. The second kappa shape index (κ2) is 6.73. The lowest BCUT2D eigenvalue weighted by molar-refractivity contribution is 0.339. The van der Waals surface area contributed by atoms with Gasteiger partial charge in [-0.2, -0.15) is 0 Å². The molecule has 1 aromatic heterocycles. The van der Waals surface area contributed by atoms with Crippen molar-refractivity contribution in [3.05, 3.63) is 18.1 Å². The predicted octanol–water partition coefficient (Wildman–Crippen LogP) is 3.38. The van der Waals surface area contributed by atoms with Gasteiger partial charge in [-0.25, -0.2) is 4.98 Å². The van der Waals surface area contributed by atoms with Crippen molar-refractivity contribution >= 4 is 5.82 Å². The van der Waals surface area contributed by atoms with Gasteiger partial charge in [0.15, 0.2) is 0 Å². The molecule has 0 amide bonds. The lowest BCUT2D eigenvalue weighted by atomic mass is 9.87. The fourth-order valence-corrected chi connectivity index (χ4v) is 2.82. The first-order valence-electron chi connectivity index (χ1n) is 8.14. The van der Waals surface area contributed by atoms with E-state index in [4.69, 9.17) is 4.98 Å². The summed E-state index contributed by atoms with van der Waals surface area (Å²) in [5.41, 5.74) is 1.11. The molecule has 0 unspecified atom stereocenters. The summed E-state index contributed by atoms with van der Waals surface area (Å²) in [6.07, 6.45) is 8.94. The first kappa shape index (κ1) is 16.2. The summed E-state index contributed by atoms with van der Waals surface area (Å²) >= 11 is 0. The molecule has 0 aromatic carbocycles. The van der Waals surface area contributed by atoms with Gasteiger partial charge in [0.25, 0.3) is 0 Å². The minimum atomic E-state index is 0.100. The van der Waals surface area contributed by atoms with E-state index >= 15 is 0 Å². The van der Waals surface area contributed by atoms with Crippen LogP contribution in [-0.4, -0.2) is 28.6 Å². The molecule has 1 aliphatic rings. The van der Waals surface area contributed by atoms with E-state index in [-0.39, 0.29) is 5.54 Å². The molecule has 1 N–H and O–H groups in total. The summed E-state index contributed by atoms with van der Waals surface area (Å²) in [5.74, 6) is 1.88. The Hall–Kier alpha value is -1.16. The van der Waals surface area contributed by atoms with Gasteiger partial charge in [-0.05, 0) is 52.4 Å². The van der Waals surface area contributed by atoms with Gasteiger partial charge in [0.05, 0.1) is 11.9 Å². The van der Waals surface area contributed by atoms with Gasteiger partial charge in [-0.15, -0.1) is 0 Å². The summed E-state index contributed by atoms with van der Waals surface area (Å²) in [4.78, 5) is 11.5. The van der Waals surface area contributed by atoms with Crippen LogP contribution in [0.2, 0.25) is 0 Å². The highest BCUT2D eigenvalue weighted by Gasteiger charge is 2.22. The summed E-state index contributed by atoms with van der Waals surface area (Å²) in [6.45, 7) is 9.62. The molecule has 4 nitrogen and oxygen atoms in total. The highest BCUT2D eigenvalue weighted by molar-refractivity contribution is 5.36. The summed E-state index contributed by atoms with van der Waals surface area (Å²) in [7, 11) is 2.16. The van der Waals surface area contributed by atoms with Crippen LogP contribution < -0.4 is 10.2 Å². The molecule has 1 fully saturated rings. The largest absolute Gasteiger partial charge is 0.355 e. The van der Waals surface area contributed by atoms with Crippen LogP contribution in [0.5, 0.6) is 0 Å². The molecule has 0 atom stereocenters. The van der Waals surface area contributed by atoms with Crippen LogP contribution in [0.4, 0.5) is 5.82 Å². The monoisotopic (exact) mass is 290 g/mol. The molecule has 21 heavy (non-hydrogen) atoms. The highest BCUT2D eigenvalue weighted by Crippen LogP contribution is 2.28. The fourth-order valence-electron chi connectivity index (χ4n) is 2.82. The molecule has 0 aliphatic heterocycles. The van der Waals surface area contributed by atoms with E-state index in [1.54, 1.807) is 0 Å². The Morgan fingerprint density at radius 2 is 1.86 bits per heavy atom. The number of nitrogens with one attached hydrogen (secondary N) is 1. The van der Waals surface area contributed by atoms with Crippen molar-refractivity contribution < 1.29 is 0 Å². The summed E-state index contributed by atoms with van der Waals surface area (Å²) < 4.78 is 0. The van der Waals surface area contributed by atoms with Crippen LogP contribution in [0.1, 0.15) is 59.1 Å². The second-order valence-electron chi connectivity index (χ2n) is 7.50. The van der Waals surface area contributed by atoms with Gasteiger partial charge in [0, 0.05) is 31.4 Å². The third-order valence-electron chi connectivity index (χ3n) is 4.37. The van der Waals surface area contributed by atoms with Crippen molar-refractivity contribution in [3.63, 3.8) is 0 Å². The van der Waals surface area contributed by atoms with Crippen molar-refractivity contribution in [2.45, 2.75) is 71.5 Å². The fraction of sp³-hybridized carbons (Fsp3) is 0.765. The van der Waals surface area contributed by atoms with Crippen LogP contribution >= 0.6 is 0 Å². The van der Waals surface area contributed by atoms with Gasteiger partial charge in [-0.3, -0.25) is 4.98 Å². The second-order valence-corrected chi connectivity index (χ2v) is 7.50. The highest BCUT2D eigenvalue weighted by atomic mass is 15.2. The smallest absolute Gasteiger partial charge is 0.147 e. The van der Waals surface area contributed by atoms with Gasteiger partial charge in [0.1, 0.15) is 5.82 Å². The Balaban J connectivity index is 1.99. The summed E-state index contributed by atoms with van der Waals surface area (Å²) in [5, 5.41) is 3.47. The maximum Gasteiger partial charge on any atom is 0.147 e. The van der Waals surface area contributed by atoms with E-state index in [9.17, 15) is 0 Å². The first-order chi connectivity index (χ1) is 9.85. The van der Waals surface area contributed by atoms with Crippen molar-refractivity contribution in [1.29, 1.82) is 0 Å². The normalized spacial score (nSPS) is 23.1. The molecule has 2 rings (SSSR count). The standard InChI is InChI=1S/C17H30N4/c1-13-6-8-15(9-7-13)21(5)16-12-18-10-14(20-16)11-19-17(2,3)4/h10,12-13,15,19H,6-9,11H2,1-5H3. The zero-order chi connectivity index (χ0) is 15.5. The number of aromatic nitrogens is 2. The van der Waals surface area contributed by atoms with Gasteiger partial charge < -0.3 is 10.2 Å². The van der Waals surface area contributed by atoms with E-state index in [1.165, 1.54) is 25.7 Å². The Morgan fingerprint density at radius 3 is 2.48 bits per heavy atom. The predicted molar refractivity (Wildman–Crippen MR) is 88.4 cm³/mol. The van der Waals surface area contributed by atoms with Crippen LogP contribution in [0, 0.1) is 5.92 Å². The van der Waals surface area contributed by atoms with E-state index in [1.807, 2.05) is 12.4 Å². The Bertz CT molecular complexity index is 444. The lowest BCUT2D eigenvalue weighted by Gasteiger charge is -2.34. The van der Waals surface area contributed by atoms with Gasteiger partial charge >= 0.3 is 0 Å². The number of nitrogens with zero attached hydrogens (tertiary/aromatic N) is 3. The third kappa shape index (κ3) is 4.95. The minimum Gasteiger partial charge on any atom is -0.355 e.